The number of aryl methyl sites for hydroxylation is 1. The molecule has 0 radical (unpaired) electrons. The molecule has 2 aromatic heterocycles. The first-order chi connectivity index (χ1) is 17.1. The van der Waals surface area contributed by atoms with Gasteiger partial charge in [-0.2, -0.15) is 27.1 Å². The van der Waals surface area contributed by atoms with E-state index in [1.54, 1.807) is 18.1 Å². The van der Waals surface area contributed by atoms with Crippen molar-refractivity contribution in [1.29, 1.82) is 0 Å². The van der Waals surface area contributed by atoms with Gasteiger partial charge in [-0.25, -0.2) is 9.97 Å². The Morgan fingerprint density at radius 1 is 1.11 bits per heavy atom. The van der Waals surface area contributed by atoms with Crippen LogP contribution in [0.25, 0.3) is 11.3 Å². The van der Waals surface area contributed by atoms with Crippen LogP contribution in [0.4, 0.5) is 33.6 Å². The zero-order chi connectivity index (χ0) is 25.9. The van der Waals surface area contributed by atoms with Crippen molar-refractivity contribution in [3.63, 3.8) is 0 Å². The minimum atomic E-state index is -4.64. The zero-order valence-corrected chi connectivity index (χ0v) is 19.0. The van der Waals surface area contributed by atoms with Crippen molar-refractivity contribution >= 4 is 17.5 Å². The third-order valence-electron chi connectivity index (χ3n) is 5.39. The van der Waals surface area contributed by atoms with Crippen molar-refractivity contribution in [2.75, 3.05) is 42.9 Å². The lowest BCUT2D eigenvalue weighted by atomic mass is 10.2. The molecule has 1 saturated heterocycles. The number of hydrogen-bond acceptors (Lipinski definition) is 7. The number of nitrogens with one attached hydrogen (secondary N) is 1. The van der Waals surface area contributed by atoms with Crippen LogP contribution in [0.3, 0.4) is 0 Å². The van der Waals surface area contributed by atoms with Gasteiger partial charge in [0.1, 0.15) is 5.75 Å². The summed E-state index contributed by atoms with van der Waals surface area (Å²) in [6, 6.07) is 6.41. The molecule has 0 saturated carbocycles. The second-order valence-corrected chi connectivity index (χ2v) is 8.05. The Balaban J connectivity index is 1.37. The molecule has 14 heteroatoms. The van der Waals surface area contributed by atoms with Crippen molar-refractivity contribution in [2.45, 2.75) is 12.8 Å². The van der Waals surface area contributed by atoms with Crippen molar-refractivity contribution in [2.24, 2.45) is 7.05 Å². The number of piperazine rings is 1. The van der Waals surface area contributed by atoms with E-state index in [9.17, 15) is 26.7 Å². The molecule has 1 fully saturated rings. The number of hydrogen-bond donors (Lipinski definition) is 1. The highest BCUT2D eigenvalue weighted by Crippen LogP contribution is 2.32. The number of carbonyl (C=O) groups is 1. The maximum Gasteiger partial charge on any atom is 0.433 e. The molecule has 192 valence electrons. The molecule has 1 amide bonds. The summed E-state index contributed by atoms with van der Waals surface area (Å²) in [6.45, 7) is -1.45. The molecule has 36 heavy (non-hydrogen) atoms. The van der Waals surface area contributed by atoms with Crippen molar-refractivity contribution in [1.82, 2.24) is 24.6 Å². The van der Waals surface area contributed by atoms with Crippen LogP contribution < -0.4 is 15.0 Å². The van der Waals surface area contributed by atoms with E-state index in [4.69, 9.17) is 0 Å². The number of carbonyl (C=O) groups excluding carboxylic acids is 1. The lowest BCUT2D eigenvalue weighted by Gasteiger charge is -2.34. The van der Waals surface area contributed by atoms with E-state index in [0.717, 1.165) is 6.07 Å². The average molecular weight is 511 g/mol. The Morgan fingerprint density at radius 3 is 2.39 bits per heavy atom. The highest BCUT2D eigenvalue weighted by Gasteiger charge is 2.35. The molecular formula is C22H22F5N7O2. The van der Waals surface area contributed by atoms with Crippen LogP contribution >= 0.6 is 0 Å². The second-order valence-electron chi connectivity index (χ2n) is 8.05. The highest BCUT2D eigenvalue weighted by atomic mass is 19.4. The SMILES string of the molecule is Cn1cc(-c2cc(C(F)(F)F)nc(N3CCN(CC(=O)Nc4ccc(OC(F)F)cc4)CC3)n2)cn1. The Hall–Kier alpha value is -3.81. The number of benzene rings is 1. The molecule has 0 unspecified atom stereocenters. The summed E-state index contributed by atoms with van der Waals surface area (Å²) < 4.78 is 70.6. The van der Waals surface area contributed by atoms with Gasteiger partial charge in [-0.3, -0.25) is 14.4 Å². The van der Waals surface area contributed by atoms with Gasteiger partial charge in [0.2, 0.25) is 11.9 Å². The number of aromatic nitrogens is 4. The van der Waals surface area contributed by atoms with Gasteiger partial charge in [0.05, 0.1) is 18.4 Å². The van der Waals surface area contributed by atoms with E-state index in [2.05, 4.69) is 25.1 Å². The topological polar surface area (TPSA) is 88.4 Å². The molecule has 0 spiro atoms. The van der Waals surface area contributed by atoms with Crippen LogP contribution in [0.5, 0.6) is 5.75 Å². The summed E-state index contributed by atoms with van der Waals surface area (Å²) in [6.07, 6.45) is -1.64. The van der Waals surface area contributed by atoms with Crippen molar-refractivity contribution < 1.29 is 31.5 Å². The van der Waals surface area contributed by atoms with Gasteiger partial charge in [0.25, 0.3) is 0 Å². The molecule has 0 atom stereocenters. The Morgan fingerprint density at radius 2 is 1.81 bits per heavy atom. The third kappa shape index (κ3) is 6.44. The summed E-state index contributed by atoms with van der Waals surface area (Å²) in [5.74, 6) is -0.387. The van der Waals surface area contributed by atoms with Gasteiger partial charge in [0.15, 0.2) is 5.69 Å². The molecule has 0 bridgehead atoms. The summed E-state index contributed by atoms with van der Waals surface area (Å²) >= 11 is 0. The van der Waals surface area contributed by atoms with E-state index in [-0.39, 0.29) is 29.8 Å². The van der Waals surface area contributed by atoms with Crippen LogP contribution in [-0.2, 0) is 18.0 Å². The smallest absolute Gasteiger partial charge is 0.433 e. The molecule has 1 aromatic carbocycles. The lowest BCUT2D eigenvalue weighted by molar-refractivity contribution is -0.141. The standard InChI is InChI=1S/C22H22F5N7O2/c1-32-12-14(11-28-32)17-10-18(22(25,26)27)31-21(30-17)34-8-6-33(7-9-34)13-19(35)29-15-2-4-16(5-3-15)36-20(23)24/h2-5,10-12,20H,6-9,13H2,1H3,(H,29,35). The van der Waals surface area contributed by atoms with Gasteiger partial charge >= 0.3 is 12.8 Å². The molecule has 9 nitrogen and oxygen atoms in total. The minimum absolute atomic E-state index is 0.0254. The van der Waals surface area contributed by atoms with Gasteiger partial charge in [-0.15, -0.1) is 0 Å². The Bertz CT molecular complexity index is 1190. The van der Waals surface area contributed by atoms with E-state index >= 15 is 0 Å². The molecule has 0 aliphatic carbocycles. The van der Waals surface area contributed by atoms with Gasteiger partial charge in [0, 0.05) is 50.7 Å². The number of amides is 1. The summed E-state index contributed by atoms with van der Waals surface area (Å²) in [7, 11) is 1.66. The number of halogens is 5. The number of ether oxygens (including phenoxy) is 1. The number of nitrogens with zero attached hydrogens (tertiary/aromatic N) is 6. The zero-order valence-electron chi connectivity index (χ0n) is 19.0. The van der Waals surface area contributed by atoms with E-state index in [0.29, 0.717) is 37.4 Å². The maximum atomic E-state index is 13.5. The number of anilines is 2. The molecule has 1 N–H and O–H groups in total. The average Bonchev–Trinajstić information content (AvgIpc) is 3.26. The predicted octanol–water partition coefficient (Wildman–Crippen LogP) is 3.26. The first-order valence-corrected chi connectivity index (χ1v) is 10.8. The molecule has 1 aliphatic heterocycles. The predicted molar refractivity (Wildman–Crippen MR) is 120 cm³/mol. The number of rotatable bonds is 7. The largest absolute Gasteiger partial charge is 0.435 e. The fourth-order valence-corrected chi connectivity index (χ4v) is 3.65. The number of alkyl halides is 5. The summed E-state index contributed by atoms with van der Waals surface area (Å²) in [5, 5.41) is 6.66. The van der Waals surface area contributed by atoms with Gasteiger partial charge in [-0.1, -0.05) is 0 Å². The lowest BCUT2D eigenvalue weighted by Crippen LogP contribution is -2.49. The quantitative estimate of drug-likeness (QED) is 0.488. The Labute approximate surface area is 202 Å². The fraction of sp³-hybridized carbons (Fsp3) is 0.364. The van der Waals surface area contributed by atoms with Crippen LogP contribution in [-0.4, -0.2) is 69.9 Å². The van der Waals surface area contributed by atoms with Crippen molar-refractivity contribution in [3.8, 4) is 17.0 Å². The normalized spacial score (nSPS) is 14.8. The van der Waals surface area contributed by atoms with E-state index in [1.807, 2.05) is 4.90 Å². The van der Waals surface area contributed by atoms with Gasteiger partial charge < -0.3 is 15.0 Å². The highest BCUT2D eigenvalue weighted by molar-refractivity contribution is 5.92. The first kappa shape index (κ1) is 25.3. The molecule has 1 aliphatic rings. The van der Waals surface area contributed by atoms with Crippen LogP contribution in [0.1, 0.15) is 5.69 Å². The second kappa shape index (κ2) is 10.4. The van der Waals surface area contributed by atoms with Crippen molar-refractivity contribution in [3.05, 3.63) is 48.4 Å². The third-order valence-corrected chi connectivity index (χ3v) is 5.39. The molecule has 4 rings (SSSR count). The molecular weight excluding hydrogens is 489 g/mol. The van der Waals surface area contributed by atoms with Crippen LogP contribution in [0, 0.1) is 0 Å². The fourth-order valence-electron chi connectivity index (χ4n) is 3.65. The van der Waals surface area contributed by atoms with Gasteiger partial charge in [-0.05, 0) is 30.3 Å². The van der Waals surface area contributed by atoms with E-state index in [1.165, 1.54) is 35.1 Å². The summed E-state index contributed by atoms with van der Waals surface area (Å²) in [4.78, 5) is 23.9. The van der Waals surface area contributed by atoms with E-state index < -0.39 is 18.5 Å². The Kier molecular flexibility index (Phi) is 7.33. The molecule has 3 aromatic rings. The van der Waals surface area contributed by atoms with Crippen LogP contribution in [0.2, 0.25) is 0 Å². The van der Waals surface area contributed by atoms with Crippen LogP contribution in [0.15, 0.2) is 42.7 Å². The first-order valence-electron chi connectivity index (χ1n) is 10.8. The maximum absolute atomic E-state index is 13.5. The monoisotopic (exact) mass is 511 g/mol. The molecule has 3 heterocycles. The minimum Gasteiger partial charge on any atom is -0.435 e. The summed E-state index contributed by atoms with van der Waals surface area (Å²) in [5.41, 5.74) is -0.0679.